The summed E-state index contributed by atoms with van der Waals surface area (Å²) in [5.41, 5.74) is 2.37. The quantitative estimate of drug-likeness (QED) is 0.868. The summed E-state index contributed by atoms with van der Waals surface area (Å²) in [7, 11) is 1.94. The molecule has 4 nitrogen and oxygen atoms in total. The molecule has 0 amide bonds. The average molecular weight is 228 g/mol. The number of hydrogen-bond acceptors (Lipinski definition) is 3. The van der Waals surface area contributed by atoms with Gasteiger partial charge in [-0.2, -0.15) is 5.10 Å². The highest BCUT2D eigenvalue weighted by molar-refractivity contribution is 5.33. The minimum atomic E-state index is 0.688. The smallest absolute Gasteiger partial charge is 0.157 e. The fraction of sp³-hybridized carbons (Fsp3) is 0.385. The van der Waals surface area contributed by atoms with E-state index in [1.807, 2.05) is 30.2 Å². The number of pyridine rings is 1. The van der Waals surface area contributed by atoms with Crippen molar-refractivity contribution >= 4 is 0 Å². The Morgan fingerprint density at radius 3 is 3.06 bits per heavy atom. The van der Waals surface area contributed by atoms with Gasteiger partial charge in [-0.25, -0.2) is 9.67 Å². The van der Waals surface area contributed by atoms with Gasteiger partial charge in [0.25, 0.3) is 0 Å². The van der Waals surface area contributed by atoms with Crippen molar-refractivity contribution in [3.8, 4) is 5.82 Å². The Hall–Kier alpha value is -1.68. The zero-order valence-corrected chi connectivity index (χ0v) is 9.93. The maximum absolute atomic E-state index is 4.61. The summed E-state index contributed by atoms with van der Waals surface area (Å²) in [4.78, 5) is 4.42. The third-order valence-electron chi connectivity index (χ3n) is 3.06. The highest BCUT2D eigenvalue weighted by atomic mass is 15.3. The van der Waals surface area contributed by atoms with Gasteiger partial charge in [-0.1, -0.05) is 6.07 Å². The first-order valence-corrected chi connectivity index (χ1v) is 6.03. The van der Waals surface area contributed by atoms with E-state index < -0.39 is 0 Å². The summed E-state index contributed by atoms with van der Waals surface area (Å²) in [5.74, 6) is 1.61. The number of nitrogens with one attached hydrogen (secondary N) is 1. The number of rotatable bonds is 4. The van der Waals surface area contributed by atoms with Crippen LogP contribution in [0.15, 0.2) is 30.6 Å². The molecule has 2 heterocycles. The molecule has 3 rings (SSSR count). The summed E-state index contributed by atoms with van der Waals surface area (Å²) in [6.45, 7) is 0.807. The lowest BCUT2D eigenvalue weighted by Crippen LogP contribution is -2.10. The van der Waals surface area contributed by atoms with Gasteiger partial charge in [0, 0.05) is 30.4 Å². The molecule has 1 aliphatic rings. The highest BCUT2D eigenvalue weighted by Crippen LogP contribution is 2.39. The van der Waals surface area contributed by atoms with Crippen LogP contribution in [0.4, 0.5) is 0 Å². The summed E-state index contributed by atoms with van der Waals surface area (Å²) < 4.78 is 1.89. The largest absolute Gasteiger partial charge is 0.316 e. The van der Waals surface area contributed by atoms with E-state index in [0.29, 0.717) is 5.92 Å². The summed E-state index contributed by atoms with van der Waals surface area (Å²) >= 11 is 0. The second kappa shape index (κ2) is 4.30. The van der Waals surface area contributed by atoms with E-state index in [0.717, 1.165) is 12.4 Å². The van der Waals surface area contributed by atoms with Crippen LogP contribution in [-0.2, 0) is 6.54 Å². The predicted molar refractivity (Wildman–Crippen MR) is 66.1 cm³/mol. The summed E-state index contributed by atoms with van der Waals surface area (Å²) in [6, 6.07) is 6.15. The van der Waals surface area contributed by atoms with Crippen molar-refractivity contribution in [3.63, 3.8) is 0 Å². The molecule has 1 N–H and O–H groups in total. The number of nitrogens with zero attached hydrogens (tertiary/aromatic N) is 3. The van der Waals surface area contributed by atoms with Crippen molar-refractivity contribution in [2.24, 2.45) is 0 Å². The number of aromatic nitrogens is 3. The van der Waals surface area contributed by atoms with Crippen LogP contribution in [-0.4, -0.2) is 21.8 Å². The second-order valence-electron chi connectivity index (χ2n) is 4.48. The van der Waals surface area contributed by atoms with Gasteiger partial charge in [-0.05, 0) is 32.0 Å². The Balaban J connectivity index is 1.95. The van der Waals surface area contributed by atoms with Crippen molar-refractivity contribution in [2.75, 3.05) is 7.05 Å². The van der Waals surface area contributed by atoms with Crippen LogP contribution in [0, 0.1) is 0 Å². The molecule has 0 aromatic carbocycles. The van der Waals surface area contributed by atoms with Gasteiger partial charge in [0.1, 0.15) is 0 Å². The van der Waals surface area contributed by atoms with Gasteiger partial charge in [0.05, 0.1) is 5.69 Å². The van der Waals surface area contributed by atoms with Gasteiger partial charge < -0.3 is 5.32 Å². The highest BCUT2D eigenvalue weighted by Gasteiger charge is 2.26. The molecular formula is C13H16N4. The Labute approximate surface area is 101 Å². The van der Waals surface area contributed by atoms with Gasteiger partial charge in [-0.15, -0.1) is 0 Å². The first-order chi connectivity index (χ1) is 8.38. The standard InChI is InChI=1S/C13H16N4/c1-14-9-11-3-2-7-15-13(11)17-8-6-12(16-17)10-4-5-10/h2-3,6-8,10,14H,4-5,9H2,1H3. The third kappa shape index (κ3) is 2.08. The van der Waals surface area contributed by atoms with Crippen LogP contribution >= 0.6 is 0 Å². The molecule has 0 radical (unpaired) electrons. The van der Waals surface area contributed by atoms with Gasteiger partial charge in [-0.3, -0.25) is 0 Å². The first kappa shape index (κ1) is 10.5. The second-order valence-corrected chi connectivity index (χ2v) is 4.48. The molecule has 1 fully saturated rings. The van der Waals surface area contributed by atoms with Crippen molar-refractivity contribution in [3.05, 3.63) is 41.9 Å². The maximum atomic E-state index is 4.61. The van der Waals surface area contributed by atoms with Gasteiger partial charge in [0.2, 0.25) is 0 Å². The van der Waals surface area contributed by atoms with Crippen LogP contribution < -0.4 is 5.32 Å². The van der Waals surface area contributed by atoms with E-state index in [4.69, 9.17) is 0 Å². The van der Waals surface area contributed by atoms with Crippen molar-refractivity contribution < 1.29 is 0 Å². The monoisotopic (exact) mass is 228 g/mol. The fourth-order valence-electron chi connectivity index (χ4n) is 2.02. The molecule has 2 aromatic rings. The van der Waals surface area contributed by atoms with Crippen molar-refractivity contribution in [2.45, 2.75) is 25.3 Å². The molecule has 88 valence electrons. The molecule has 0 aliphatic heterocycles. The van der Waals surface area contributed by atoms with Crippen LogP contribution in [0.1, 0.15) is 30.0 Å². The Morgan fingerprint density at radius 2 is 2.29 bits per heavy atom. The van der Waals surface area contributed by atoms with E-state index in [9.17, 15) is 0 Å². The van der Waals surface area contributed by atoms with Crippen LogP contribution in [0.5, 0.6) is 0 Å². The molecule has 0 bridgehead atoms. The number of hydrogen-bond donors (Lipinski definition) is 1. The molecule has 0 unspecified atom stereocenters. The van der Waals surface area contributed by atoms with E-state index >= 15 is 0 Å². The molecule has 0 spiro atoms. The van der Waals surface area contributed by atoms with Gasteiger partial charge >= 0.3 is 0 Å². The summed E-state index contributed by atoms with van der Waals surface area (Å²) in [6.07, 6.45) is 6.38. The van der Waals surface area contributed by atoms with E-state index in [2.05, 4.69) is 27.5 Å². The molecule has 2 aromatic heterocycles. The molecule has 1 aliphatic carbocycles. The fourth-order valence-corrected chi connectivity index (χ4v) is 2.02. The Morgan fingerprint density at radius 1 is 1.41 bits per heavy atom. The predicted octanol–water partition coefficient (Wildman–Crippen LogP) is 1.86. The Bertz CT molecular complexity index is 514. The SMILES string of the molecule is CNCc1cccnc1-n1ccc(C2CC2)n1. The lowest BCUT2D eigenvalue weighted by molar-refractivity contribution is 0.760. The molecule has 0 saturated heterocycles. The van der Waals surface area contributed by atoms with Crippen LogP contribution in [0.3, 0.4) is 0 Å². The lowest BCUT2D eigenvalue weighted by atomic mass is 10.2. The van der Waals surface area contributed by atoms with Crippen LogP contribution in [0.25, 0.3) is 5.82 Å². The Kier molecular flexibility index (Phi) is 2.65. The van der Waals surface area contributed by atoms with Crippen molar-refractivity contribution in [1.82, 2.24) is 20.1 Å². The van der Waals surface area contributed by atoms with E-state index in [-0.39, 0.29) is 0 Å². The zero-order valence-electron chi connectivity index (χ0n) is 9.93. The molecule has 0 atom stereocenters. The maximum Gasteiger partial charge on any atom is 0.157 e. The summed E-state index contributed by atoms with van der Waals surface area (Å²) in [5, 5.41) is 7.77. The minimum absolute atomic E-state index is 0.688. The topological polar surface area (TPSA) is 42.7 Å². The molecule has 17 heavy (non-hydrogen) atoms. The minimum Gasteiger partial charge on any atom is -0.316 e. The first-order valence-electron chi connectivity index (χ1n) is 6.03. The van der Waals surface area contributed by atoms with Crippen LogP contribution in [0.2, 0.25) is 0 Å². The van der Waals surface area contributed by atoms with Crippen molar-refractivity contribution in [1.29, 1.82) is 0 Å². The molecule has 4 heteroatoms. The molecular weight excluding hydrogens is 212 g/mol. The molecule has 1 saturated carbocycles. The van der Waals surface area contributed by atoms with E-state index in [1.54, 1.807) is 0 Å². The van der Waals surface area contributed by atoms with Gasteiger partial charge in [0.15, 0.2) is 5.82 Å². The van der Waals surface area contributed by atoms with E-state index in [1.165, 1.54) is 24.1 Å². The normalized spacial score (nSPS) is 15.1. The lowest BCUT2D eigenvalue weighted by Gasteiger charge is -2.07. The average Bonchev–Trinajstić information content (AvgIpc) is 3.09. The third-order valence-corrected chi connectivity index (χ3v) is 3.06. The zero-order chi connectivity index (χ0) is 11.7.